The van der Waals surface area contributed by atoms with E-state index in [9.17, 15) is 14.7 Å². The number of rotatable bonds is 14. The number of aliphatic hydroxyl groups excluding tert-OH is 1. The lowest BCUT2D eigenvalue weighted by molar-refractivity contribution is -0.143. The molecule has 7 rings (SSSR count). The van der Waals surface area contributed by atoms with Gasteiger partial charge in [-0.2, -0.15) is 0 Å². The van der Waals surface area contributed by atoms with Crippen molar-refractivity contribution in [3.05, 3.63) is 59.2 Å². The maximum Gasteiger partial charge on any atom is 0.222 e. The first-order valence-electron chi connectivity index (χ1n) is 17.6. The molecule has 3 aliphatic carbocycles. The van der Waals surface area contributed by atoms with E-state index < -0.39 is 0 Å². The Balaban J connectivity index is 1.12. The van der Waals surface area contributed by atoms with Gasteiger partial charge in [0.05, 0.1) is 19.3 Å². The van der Waals surface area contributed by atoms with Crippen molar-refractivity contribution in [3.63, 3.8) is 0 Å². The molecule has 2 aliphatic heterocycles. The number of methoxy groups -OCH3 is 1. The second kappa shape index (κ2) is 12.7. The molecule has 1 N–H and O–H groups in total. The van der Waals surface area contributed by atoms with Crippen molar-refractivity contribution in [3.8, 4) is 11.5 Å². The van der Waals surface area contributed by atoms with Crippen molar-refractivity contribution < 1.29 is 24.2 Å². The van der Waals surface area contributed by atoms with E-state index in [1.165, 1.54) is 11.1 Å². The Morgan fingerprint density at radius 1 is 1.07 bits per heavy atom. The highest BCUT2D eigenvalue weighted by atomic mass is 16.5. The monoisotopic (exact) mass is 614 g/mol. The van der Waals surface area contributed by atoms with Gasteiger partial charge in [0.15, 0.2) is 17.3 Å². The maximum atomic E-state index is 14.1. The van der Waals surface area contributed by atoms with E-state index >= 15 is 0 Å². The van der Waals surface area contributed by atoms with Gasteiger partial charge in [0, 0.05) is 54.4 Å². The molecule has 2 aromatic rings. The second-order valence-corrected chi connectivity index (χ2v) is 14.3. The third kappa shape index (κ3) is 5.48. The number of hydrogen-bond acceptors (Lipinski definition) is 6. The molecule has 0 aromatic heterocycles. The van der Waals surface area contributed by atoms with Crippen LogP contribution < -0.4 is 9.47 Å². The van der Waals surface area contributed by atoms with Crippen LogP contribution in [0.4, 0.5) is 0 Å². The molecule has 5 aliphatic rings. The fraction of sp³-hybridized carbons (Fsp3) is 0.632. The van der Waals surface area contributed by atoms with Crippen LogP contribution in [0.5, 0.6) is 11.5 Å². The van der Waals surface area contributed by atoms with Crippen molar-refractivity contribution in [1.29, 1.82) is 0 Å². The summed E-state index contributed by atoms with van der Waals surface area (Å²) >= 11 is 0. The zero-order valence-electron chi connectivity index (χ0n) is 27.1. The van der Waals surface area contributed by atoms with Gasteiger partial charge in [0.25, 0.3) is 0 Å². The second-order valence-electron chi connectivity index (χ2n) is 14.3. The number of Topliss-reactive ketones (excluding diaryl/α,β-unsaturated/α-hetero) is 1. The molecule has 2 heterocycles. The fourth-order valence-corrected chi connectivity index (χ4v) is 9.50. The van der Waals surface area contributed by atoms with Gasteiger partial charge in [0.2, 0.25) is 5.91 Å². The van der Waals surface area contributed by atoms with Crippen LogP contribution in [-0.4, -0.2) is 77.6 Å². The van der Waals surface area contributed by atoms with Crippen molar-refractivity contribution in [2.45, 2.75) is 114 Å². The van der Waals surface area contributed by atoms with Gasteiger partial charge in [-0.25, -0.2) is 0 Å². The Morgan fingerprint density at radius 3 is 2.62 bits per heavy atom. The molecular formula is C38H50N2O5. The first kappa shape index (κ1) is 30.7. The maximum absolute atomic E-state index is 14.1. The number of ketones is 1. The zero-order valence-corrected chi connectivity index (χ0v) is 27.1. The molecule has 3 fully saturated rings. The Hall–Kier alpha value is -2.90. The number of carbonyl (C=O) groups excluding carboxylic acids is 2. The number of amides is 1. The quantitative estimate of drug-likeness (QED) is 0.210. The molecule has 2 saturated carbocycles. The number of aliphatic hydroxyl groups is 1. The molecule has 2 unspecified atom stereocenters. The third-order valence-electron chi connectivity index (χ3n) is 11.8. The summed E-state index contributed by atoms with van der Waals surface area (Å²) in [6.07, 6.45) is 10.4. The van der Waals surface area contributed by atoms with Crippen molar-refractivity contribution in [2.24, 2.45) is 11.8 Å². The Kier molecular flexibility index (Phi) is 8.68. The Bertz CT molecular complexity index is 1400. The minimum Gasteiger partial charge on any atom is -0.493 e. The van der Waals surface area contributed by atoms with E-state index in [0.717, 1.165) is 101 Å². The molecule has 7 nitrogen and oxygen atoms in total. The van der Waals surface area contributed by atoms with Gasteiger partial charge < -0.3 is 19.5 Å². The molecule has 7 atom stereocenters. The molecule has 242 valence electrons. The van der Waals surface area contributed by atoms with E-state index in [1.54, 1.807) is 7.11 Å². The van der Waals surface area contributed by atoms with E-state index in [2.05, 4.69) is 28.9 Å². The lowest BCUT2D eigenvalue weighted by Gasteiger charge is -2.60. The minimum absolute atomic E-state index is 0.0251. The normalized spacial score (nSPS) is 30.7. The van der Waals surface area contributed by atoms with Gasteiger partial charge in [-0.1, -0.05) is 56.2 Å². The first-order valence-corrected chi connectivity index (χ1v) is 17.6. The van der Waals surface area contributed by atoms with Gasteiger partial charge in [0.1, 0.15) is 6.10 Å². The summed E-state index contributed by atoms with van der Waals surface area (Å²) in [5, 5.41) is 10.2. The largest absolute Gasteiger partial charge is 0.493 e. The Morgan fingerprint density at radius 2 is 1.87 bits per heavy atom. The van der Waals surface area contributed by atoms with Gasteiger partial charge in [-0.15, -0.1) is 0 Å². The Labute approximate surface area is 268 Å². The first-order chi connectivity index (χ1) is 22.0. The number of carbonyl (C=O) groups is 2. The van der Waals surface area contributed by atoms with Crippen LogP contribution in [0.15, 0.2) is 42.5 Å². The average molecular weight is 615 g/mol. The summed E-state index contributed by atoms with van der Waals surface area (Å²) in [6.45, 7) is 4.96. The van der Waals surface area contributed by atoms with Gasteiger partial charge >= 0.3 is 0 Å². The average Bonchev–Trinajstić information content (AvgIpc) is 3.64. The van der Waals surface area contributed by atoms with E-state index in [0.29, 0.717) is 30.7 Å². The van der Waals surface area contributed by atoms with Crippen molar-refractivity contribution in [1.82, 2.24) is 9.80 Å². The smallest absolute Gasteiger partial charge is 0.222 e. The highest BCUT2D eigenvalue weighted by Gasteiger charge is 2.67. The van der Waals surface area contributed by atoms with Crippen LogP contribution in [0.3, 0.4) is 0 Å². The summed E-state index contributed by atoms with van der Waals surface area (Å²) in [4.78, 5) is 31.6. The lowest BCUT2D eigenvalue weighted by atomic mass is 9.51. The number of nitrogens with zero attached hydrogens (tertiary/aromatic N) is 2. The molecule has 1 saturated heterocycles. The van der Waals surface area contributed by atoms with Crippen LogP contribution in [0.2, 0.25) is 0 Å². The van der Waals surface area contributed by atoms with Crippen LogP contribution in [0.25, 0.3) is 0 Å². The van der Waals surface area contributed by atoms with Crippen molar-refractivity contribution >= 4 is 11.7 Å². The topological polar surface area (TPSA) is 79.3 Å². The summed E-state index contributed by atoms with van der Waals surface area (Å²) in [5.74, 6) is 2.97. The molecule has 1 spiro atoms. The molecule has 1 amide bonds. The van der Waals surface area contributed by atoms with E-state index in [1.807, 2.05) is 30.3 Å². The van der Waals surface area contributed by atoms with Gasteiger partial charge in [-0.3, -0.25) is 14.5 Å². The van der Waals surface area contributed by atoms with Crippen LogP contribution in [0, 0.1) is 11.8 Å². The summed E-state index contributed by atoms with van der Waals surface area (Å²) in [5.41, 5.74) is 3.38. The lowest BCUT2D eigenvalue weighted by Crippen LogP contribution is -2.69. The molecule has 2 aromatic carbocycles. The molecule has 7 heteroatoms. The highest BCUT2D eigenvalue weighted by Crippen LogP contribution is 2.64. The van der Waals surface area contributed by atoms with E-state index in [4.69, 9.17) is 9.47 Å². The number of benzene rings is 2. The summed E-state index contributed by atoms with van der Waals surface area (Å²) in [7, 11) is 1.73. The molecular weight excluding hydrogens is 564 g/mol. The predicted octanol–water partition coefficient (Wildman–Crippen LogP) is 5.95. The van der Waals surface area contributed by atoms with Crippen molar-refractivity contribution in [2.75, 3.05) is 26.7 Å². The number of ether oxygens (including phenoxy) is 2. The number of likely N-dealkylation sites (tertiary alicyclic amines) is 1. The number of piperidine rings is 1. The molecule has 0 radical (unpaired) electrons. The SMILES string of the molecule is CCCCCN(C(=O)CCCCC(=O)c1ccccc1)[C@H]1CC[C@H]2[C@H]3Cc4ccc(OC)c5c4[C@@]2(CCN3CC2CC2O)[C@H]1O5. The molecule has 2 bridgehead atoms. The summed E-state index contributed by atoms with van der Waals surface area (Å²) < 4.78 is 13.0. The summed E-state index contributed by atoms with van der Waals surface area (Å²) in [6, 6.07) is 14.3. The minimum atomic E-state index is -0.134. The van der Waals surface area contributed by atoms with Gasteiger partial charge in [-0.05, 0) is 75.5 Å². The fourth-order valence-electron chi connectivity index (χ4n) is 9.50. The van der Waals surface area contributed by atoms with Crippen LogP contribution in [0.1, 0.15) is 99.0 Å². The predicted molar refractivity (Wildman–Crippen MR) is 174 cm³/mol. The van der Waals surface area contributed by atoms with Crippen LogP contribution in [-0.2, 0) is 16.6 Å². The third-order valence-corrected chi connectivity index (χ3v) is 11.8. The van der Waals surface area contributed by atoms with E-state index in [-0.39, 0.29) is 35.4 Å². The highest BCUT2D eigenvalue weighted by molar-refractivity contribution is 5.95. The number of hydrogen-bond donors (Lipinski definition) is 1. The zero-order chi connectivity index (χ0) is 31.1. The van der Waals surface area contributed by atoms with Crippen LogP contribution >= 0.6 is 0 Å². The number of unbranched alkanes of at least 4 members (excludes halogenated alkanes) is 3. The molecule has 45 heavy (non-hydrogen) atoms. The standard InChI is InChI=1S/C38H50N2O5/c1-3-4-10-20-40(34(43)14-9-8-13-31(41)25-11-6-5-7-12-25)29-17-16-28-30-22-26-15-18-33(44-2)36-35(26)38(28,37(29)45-36)19-21-39(30)24-27-23-32(27)42/h5-7,11-12,15,18,27-30,32,37,42H,3-4,8-10,13-14,16-17,19-24H2,1-2H3/t27?,28-,29-,30+,32?,37-,38-/m0/s1.